The van der Waals surface area contributed by atoms with Crippen molar-refractivity contribution in [3.05, 3.63) is 72.1 Å². The molecule has 0 radical (unpaired) electrons. The van der Waals surface area contributed by atoms with Crippen LogP contribution in [0.15, 0.2) is 55.4 Å². The molecule has 2 saturated heterocycles. The van der Waals surface area contributed by atoms with Crippen LogP contribution in [-0.4, -0.2) is 61.3 Å². The molecule has 232 valence electrons. The summed E-state index contributed by atoms with van der Waals surface area (Å²) in [7, 11) is 1.78. The largest absolute Gasteiger partial charge is 0.416 e. The van der Waals surface area contributed by atoms with E-state index in [1.165, 1.54) is 6.42 Å². The second-order valence-corrected chi connectivity index (χ2v) is 11.3. The van der Waals surface area contributed by atoms with E-state index in [0.717, 1.165) is 55.9 Å². The van der Waals surface area contributed by atoms with Crippen molar-refractivity contribution in [2.75, 3.05) is 24.5 Å². The normalized spacial score (nSPS) is 19.6. The summed E-state index contributed by atoms with van der Waals surface area (Å²) in [5.74, 6) is 1.13. The molecule has 0 spiro atoms. The van der Waals surface area contributed by atoms with Gasteiger partial charge in [-0.2, -0.15) is 31.4 Å². The number of nitrogens with zero attached hydrogens (tertiary/aromatic N) is 7. The van der Waals surface area contributed by atoms with Crippen molar-refractivity contribution < 1.29 is 26.3 Å². The van der Waals surface area contributed by atoms with E-state index in [1.807, 2.05) is 0 Å². The molecule has 2 atom stereocenters. The second-order valence-electron chi connectivity index (χ2n) is 11.3. The molecule has 2 fully saturated rings. The minimum atomic E-state index is -4.94. The molecule has 0 N–H and O–H groups in total. The summed E-state index contributed by atoms with van der Waals surface area (Å²) < 4.78 is 83.7. The Morgan fingerprint density at radius 2 is 1.56 bits per heavy atom. The fraction of sp³-hybridized carbons (Fsp3) is 0.500. The standard InChI is InChI=1S/C30H35F6N7/c1-4-26-13-27(19-42(26)20(2)41-8-6-5-7-9-41)43(28-37-14-22(15-38-28)23-16-39-40(3)18-23)17-21-10-24(29(31,32)33)12-25(11-21)30(34,35)36/h10-12,14-16,18,26-27H,2,4-9,13,17,19H2,1,3H3/t26-,27+/m1/s1. The van der Waals surface area contributed by atoms with Crippen molar-refractivity contribution in [2.45, 2.75) is 70.0 Å². The molecule has 0 aliphatic carbocycles. The molecular formula is C30H35F6N7. The van der Waals surface area contributed by atoms with Crippen LogP contribution >= 0.6 is 0 Å². The summed E-state index contributed by atoms with van der Waals surface area (Å²) in [6, 6.07) is 1.54. The van der Waals surface area contributed by atoms with Gasteiger partial charge in [0.1, 0.15) is 0 Å². The topological polar surface area (TPSA) is 53.3 Å². The first kappa shape index (κ1) is 30.7. The summed E-state index contributed by atoms with van der Waals surface area (Å²) >= 11 is 0. The first-order chi connectivity index (χ1) is 20.3. The summed E-state index contributed by atoms with van der Waals surface area (Å²) in [6.45, 7) is 8.52. The zero-order chi connectivity index (χ0) is 30.9. The van der Waals surface area contributed by atoms with Crippen LogP contribution in [0, 0.1) is 0 Å². The van der Waals surface area contributed by atoms with Gasteiger partial charge in [-0.1, -0.05) is 13.5 Å². The summed E-state index contributed by atoms with van der Waals surface area (Å²) in [5, 5.41) is 4.16. The van der Waals surface area contributed by atoms with Crippen LogP contribution in [-0.2, 0) is 25.9 Å². The molecule has 1 aromatic carbocycles. The van der Waals surface area contributed by atoms with E-state index >= 15 is 0 Å². The minimum Gasteiger partial charge on any atom is -0.359 e. The SMILES string of the molecule is C=C(N1CCCCC1)N1C[C@@H](N(Cc2cc(C(F)(F)F)cc(C(F)(F)F)c2)c2ncc(-c3cnn(C)c3)cn2)C[C@H]1CC. The van der Waals surface area contributed by atoms with Gasteiger partial charge in [0.25, 0.3) is 0 Å². The molecule has 2 aliphatic heterocycles. The monoisotopic (exact) mass is 607 g/mol. The Kier molecular flexibility index (Phi) is 8.62. The van der Waals surface area contributed by atoms with Crippen LogP contribution in [0.5, 0.6) is 0 Å². The van der Waals surface area contributed by atoms with E-state index in [9.17, 15) is 26.3 Å². The summed E-state index contributed by atoms with van der Waals surface area (Å²) in [6.07, 6.45) is 1.52. The average Bonchev–Trinajstić information content (AvgIpc) is 3.61. The van der Waals surface area contributed by atoms with Crippen molar-refractivity contribution in [3.8, 4) is 11.1 Å². The van der Waals surface area contributed by atoms with Gasteiger partial charge >= 0.3 is 12.4 Å². The Labute approximate surface area is 246 Å². The fourth-order valence-corrected chi connectivity index (χ4v) is 6.01. The van der Waals surface area contributed by atoms with Gasteiger partial charge in [-0.05, 0) is 55.9 Å². The van der Waals surface area contributed by atoms with E-state index in [2.05, 4.69) is 38.4 Å². The molecule has 7 nitrogen and oxygen atoms in total. The first-order valence-electron chi connectivity index (χ1n) is 14.4. The van der Waals surface area contributed by atoms with Crippen molar-refractivity contribution in [1.82, 2.24) is 29.5 Å². The fourth-order valence-electron chi connectivity index (χ4n) is 6.01. The molecule has 3 aromatic rings. The molecule has 4 heterocycles. The Balaban J connectivity index is 1.50. The van der Waals surface area contributed by atoms with Gasteiger partial charge in [0, 0.05) is 69.0 Å². The molecule has 2 aliphatic rings. The number of hydrogen-bond donors (Lipinski definition) is 0. The number of rotatable bonds is 8. The minimum absolute atomic E-state index is 0.101. The molecular weight excluding hydrogens is 572 g/mol. The maximum atomic E-state index is 13.7. The average molecular weight is 608 g/mol. The Hall–Kier alpha value is -3.77. The summed E-state index contributed by atoms with van der Waals surface area (Å²) in [5.41, 5.74) is -1.34. The number of hydrogen-bond acceptors (Lipinski definition) is 6. The highest BCUT2D eigenvalue weighted by atomic mass is 19.4. The zero-order valence-corrected chi connectivity index (χ0v) is 24.2. The predicted molar refractivity (Wildman–Crippen MR) is 151 cm³/mol. The van der Waals surface area contributed by atoms with Gasteiger partial charge in [0.15, 0.2) is 0 Å². The lowest BCUT2D eigenvalue weighted by Gasteiger charge is -2.38. The number of aryl methyl sites for hydroxylation is 1. The maximum absolute atomic E-state index is 13.7. The number of benzene rings is 1. The number of aromatic nitrogens is 4. The molecule has 0 bridgehead atoms. The second kappa shape index (κ2) is 12.1. The van der Waals surface area contributed by atoms with Gasteiger partial charge < -0.3 is 14.7 Å². The quantitative estimate of drug-likeness (QED) is 0.265. The Morgan fingerprint density at radius 1 is 0.930 bits per heavy atom. The molecule has 5 rings (SSSR count). The Bertz CT molecular complexity index is 1380. The molecule has 0 saturated carbocycles. The zero-order valence-electron chi connectivity index (χ0n) is 24.2. The van der Waals surface area contributed by atoms with Crippen molar-refractivity contribution in [2.24, 2.45) is 7.05 Å². The number of anilines is 1. The highest BCUT2D eigenvalue weighted by Crippen LogP contribution is 2.38. The van der Waals surface area contributed by atoms with Crippen molar-refractivity contribution in [1.29, 1.82) is 0 Å². The highest BCUT2D eigenvalue weighted by molar-refractivity contribution is 5.60. The van der Waals surface area contributed by atoms with Crippen molar-refractivity contribution >= 4 is 5.95 Å². The van der Waals surface area contributed by atoms with Crippen LogP contribution in [0.2, 0.25) is 0 Å². The Morgan fingerprint density at radius 3 is 2.09 bits per heavy atom. The number of alkyl halides is 6. The number of likely N-dealkylation sites (tertiary alicyclic amines) is 2. The van der Waals surface area contributed by atoms with E-state index < -0.39 is 23.5 Å². The van der Waals surface area contributed by atoms with Crippen LogP contribution in [0.4, 0.5) is 32.3 Å². The lowest BCUT2D eigenvalue weighted by atomic mass is 10.0. The van der Waals surface area contributed by atoms with Gasteiger partial charge in [0.05, 0.1) is 29.2 Å². The molecule has 2 aromatic heterocycles. The van der Waals surface area contributed by atoms with Crippen LogP contribution in [0.1, 0.15) is 55.7 Å². The van der Waals surface area contributed by atoms with Gasteiger partial charge in [-0.15, -0.1) is 0 Å². The lowest BCUT2D eigenvalue weighted by Crippen LogP contribution is -2.42. The van der Waals surface area contributed by atoms with Crippen molar-refractivity contribution in [3.63, 3.8) is 0 Å². The van der Waals surface area contributed by atoms with E-state index in [4.69, 9.17) is 0 Å². The third kappa shape index (κ3) is 6.91. The highest BCUT2D eigenvalue weighted by Gasteiger charge is 2.40. The van der Waals surface area contributed by atoms with E-state index in [1.54, 1.807) is 41.4 Å². The van der Waals surface area contributed by atoms with E-state index in [-0.39, 0.29) is 36.2 Å². The first-order valence-corrected chi connectivity index (χ1v) is 14.4. The van der Waals surface area contributed by atoms with Crippen LogP contribution in [0.25, 0.3) is 11.1 Å². The van der Waals surface area contributed by atoms with Gasteiger partial charge in [0.2, 0.25) is 5.95 Å². The maximum Gasteiger partial charge on any atom is 0.416 e. The number of piperidine rings is 1. The van der Waals surface area contributed by atoms with Crippen LogP contribution in [0.3, 0.4) is 0 Å². The van der Waals surface area contributed by atoms with Gasteiger partial charge in [-0.25, -0.2) is 9.97 Å². The third-order valence-corrected chi connectivity index (χ3v) is 8.29. The molecule has 0 amide bonds. The number of halogens is 6. The molecule has 0 unspecified atom stereocenters. The van der Waals surface area contributed by atoms with Gasteiger partial charge in [-0.3, -0.25) is 4.68 Å². The third-order valence-electron chi connectivity index (χ3n) is 8.29. The summed E-state index contributed by atoms with van der Waals surface area (Å²) in [4.78, 5) is 15.3. The predicted octanol–water partition coefficient (Wildman–Crippen LogP) is 6.73. The van der Waals surface area contributed by atoms with Crippen LogP contribution < -0.4 is 4.90 Å². The molecule has 13 heteroatoms. The lowest BCUT2D eigenvalue weighted by molar-refractivity contribution is -0.143. The molecule has 43 heavy (non-hydrogen) atoms. The van der Waals surface area contributed by atoms with E-state index in [0.29, 0.717) is 18.5 Å². The smallest absolute Gasteiger partial charge is 0.359 e.